The Morgan fingerprint density at radius 1 is 0.840 bits per heavy atom. The Morgan fingerprint density at radius 3 is 1.72 bits per heavy atom. The maximum Gasteiger partial charge on any atom is 0.322 e. The van der Waals surface area contributed by atoms with Gasteiger partial charge >= 0.3 is 5.97 Å². The van der Waals surface area contributed by atoms with E-state index in [-0.39, 0.29) is 23.3 Å². The lowest BCUT2D eigenvalue weighted by Gasteiger charge is -2.26. The van der Waals surface area contributed by atoms with Crippen LogP contribution in [0.4, 0.5) is 0 Å². The molecule has 6 nitrogen and oxygen atoms in total. The molecule has 0 heterocycles. The van der Waals surface area contributed by atoms with Crippen molar-refractivity contribution in [1.29, 1.82) is 0 Å². The second-order valence-electron chi connectivity index (χ2n) is 8.15. The molecule has 0 unspecified atom stereocenters. The third-order valence-corrected chi connectivity index (χ3v) is 3.77. The number of amides is 2. The lowest BCUT2D eigenvalue weighted by Crippen LogP contribution is -2.39. The Kier molecular flexibility index (Phi) is 6.35. The maximum atomic E-state index is 12.4. The molecule has 0 aliphatic carbocycles. The molecule has 0 radical (unpaired) electrons. The van der Waals surface area contributed by atoms with Crippen molar-refractivity contribution in [3.63, 3.8) is 0 Å². The van der Waals surface area contributed by atoms with Gasteiger partial charge in [-0.2, -0.15) is 0 Å². The minimum Gasteiger partial charge on any atom is -0.480 e. The maximum absolute atomic E-state index is 12.4. The monoisotopic (exact) mass is 348 g/mol. The van der Waals surface area contributed by atoms with Gasteiger partial charge in [0, 0.05) is 5.56 Å². The first kappa shape index (κ1) is 20.7. The zero-order chi connectivity index (χ0) is 19.4. The first-order valence-electron chi connectivity index (χ1n) is 8.23. The molecular weight excluding hydrogens is 320 g/mol. The van der Waals surface area contributed by atoms with E-state index >= 15 is 0 Å². The minimum absolute atomic E-state index is 0.116. The first-order valence-corrected chi connectivity index (χ1v) is 8.23. The van der Waals surface area contributed by atoms with Gasteiger partial charge in [0.05, 0.1) is 6.54 Å². The molecule has 0 spiro atoms. The Bertz CT molecular complexity index is 635. The van der Waals surface area contributed by atoms with E-state index in [4.69, 9.17) is 5.11 Å². The van der Waals surface area contributed by atoms with Crippen LogP contribution in [0.2, 0.25) is 0 Å². The van der Waals surface area contributed by atoms with Crippen molar-refractivity contribution in [1.82, 2.24) is 10.6 Å². The topological polar surface area (TPSA) is 95.5 Å². The molecule has 0 aliphatic rings. The van der Waals surface area contributed by atoms with E-state index in [0.29, 0.717) is 5.56 Å². The molecule has 1 rings (SSSR count). The van der Waals surface area contributed by atoms with E-state index in [2.05, 4.69) is 58.2 Å². The van der Waals surface area contributed by atoms with Crippen molar-refractivity contribution >= 4 is 17.8 Å². The first-order chi connectivity index (χ1) is 11.3. The number of benzene rings is 1. The molecule has 0 fully saturated rings. The summed E-state index contributed by atoms with van der Waals surface area (Å²) in [5, 5.41) is 13.3. The standard InChI is InChI=1S/C19H28N2O4/c1-18(2,3)13-7-12(8-14(9-13)19(4,5)6)17(25)21-10-15(22)20-11-16(23)24/h7-9H,10-11H2,1-6H3,(H,20,22)(H,21,25)(H,23,24). The molecule has 3 N–H and O–H groups in total. The lowest BCUT2D eigenvalue weighted by atomic mass is 9.79. The number of rotatable bonds is 5. The van der Waals surface area contributed by atoms with Gasteiger partial charge in [-0.25, -0.2) is 0 Å². The zero-order valence-electron chi connectivity index (χ0n) is 15.8. The summed E-state index contributed by atoms with van der Waals surface area (Å²) in [7, 11) is 0. The van der Waals surface area contributed by atoms with E-state index in [9.17, 15) is 14.4 Å². The zero-order valence-corrected chi connectivity index (χ0v) is 15.8. The highest BCUT2D eigenvalue weighted by Gasteiger charge is 2.22. The minimum atomic E-state index is -1.13. The van der Waals surface area contributed by atoms with E-state index < -0.39 is 18.4 Å². The van der Waals surface area contributed by atoms with Gasteiger partial charge in [0.15, 0.2) is 0 Å². The molecule has 2 amide bonds. The molecule has 25 heavy (non-hydrogen) atoms. The quantitative estimate of drug-likeness (QED) is 0.760. The van der Waals surface area contributed by atoms with Crippen molar-refractivity contribution in [3.05, 3.63) is 34.9 Å². The molecule has 0 aromatic heterocycles. The molecular formula is C19H28N2O4. The molecule has 138 valence electrons. The molecule has 0 bridgehead atoms. The average Bonchev–Trinajstić information content (AvgIpc) is 2.48. The largest absolute Gasteiger partial charge is 0.480 e. The van der Waals surface area contributed by atoms with E-state index in [1.165, 1.54) is 0 Å². The molecule has 6 heteroatoms. The van der Waals surface area contributed by atoms with Gasteiger partial charge in [-0.15, -0.1) is 0 Å². The van der Waals surface area contributed by atoms with Crippen molar-refractivity contribution in [2.45, 2.75) is 52.4 Å². The molecule has 1 aromatic carbocycles. The van der Waals surface area contributed by atoms with Crippen LogP contribution < -0.4 is 10.6 Å². The average molecular weight is 348 g/mol. The highest BCUT2D eigenvalue weighted by Crippen LogP contribution is 2.30. The van der Waals surface area contributed by atoms with Crippen LogP contribution in [-0.4, -0.2) is 36.0 Å². The fourth-order valence-electron chi connectivity index (χ4n) is 2.12. The van der Waals surface area contributed by atoms with Gasteiger partial charge < -0.3 is 15.7 Å². The Hall–Kier alpha value is -2.37. The lowest BCUT2D eigenvalue weighted by molar-refractivity contribution is -0.137. The van der Waals surface area contributed by atoms with Gasteiger partial charge in [-0.1, -0.05) is 47.6 Å². The van der Waals surface area contributed by atoms with E-state index in [1.54, 1.807) is 0 Å². The summed E-state index contributed by atoms with van der Waals surface area (Å²) >= 11 is 0. The van der Waals surface area contributed by atoms with E-state index in [0.717, 1.165) is 11.1 Å². The van der Waals surface area contributed by atoms with Crippen LogP contribution in [0, 0.1) is 0 Å². The van der Waals surface area contributed by atoms with Crippen molar-refractivity contribution < 1.29 is 19.5 Å². The van der Waals surface area contributed by atoms with Gasteiger partial charge in [0.25, 0.3) is 5.91 Å². The molecule has 0 aliphatic heterocycles. The number of hydrogen-bond acceptors (Lipinski definition) is 3. The Balaban J connectivity index is 2.97. The van der Waals surface area contributed by atoms with Crippen molar-refractivity contribution in [2.24, 2.45) is 0 Å². The van der Waals surface area contributed by atoms with Crippen molar-refractivity contribution in [3.8, 4) is 0 Å². The van der Waals surface area contributed by atoms with Crippen LogP contribution in [0.1, 0.15) is 63.0 Å². The van der Waals surface area contributed by atoms with Crippen LogP contribution in [0.5, 0.6) is 0 Å². The fourth-order valence-corrected chi connectivity index (χ4v) is 2.12. The molecule has 0 saturated carbocycles. The number of carbonyl (C=O) groups excluding carboxylic acids is 2. The molecule has 0 atom stereocenters. The second-order valence-corrected chi connectivity index (χ2v) is 8.15. The summed E-state index contributed by atoms with van der Waals surface area (Å²) in [5.41, 5.74) is 2.34. The van der Waals surface area contributed by atoms with Gasteiger partial charge in [0.2, 0.25) is 5.91 Å². The number of hydrogen-bond donors (Lipinski definition) is 3. The smallest absolute Gasteiger partial charge is 0.322 e. The highest BCUT2D eigenvalue weighted by molar-refractivity contribution is 5.97. The normalized spacial score (nSPS) is 11.8. The fraction of sp³-hybridized carbons (Fsp3) is 0.526. The number of carboxylic acids is 1. The number of aliphatic carboxylic acids is 1. The van der Waals surface area contributed by atoms with Crippen LogP contribution in [-0.2, 0) is 20.4 Å². The third kappa shape index (κ3) is 6.57. The van der Waals surface area contributed by atoms with Gasteiger partial charge in [-0.3, -0.25) is 14.4 Å². The Labute approximate surface area is 149 Å². The summed E-state index contributed by atoms with van der Waals surface area (Å²) in [6.45, 7) is 11.7. The summed E-state index contributed by atoms with van der Waals surface area (Å²) in [5.74, 6) is -2.03. The molecule has 1 aromatic rings. The predicted octanol–water partition coefficient (Wildman–Crippen LogP) is 2.21. The SMILES string of the molecule is CC(C)(C)c1cc(C(=O)NCC(=O)NCC(=O)O)cc(C(C)(C)C)c1. The van der Waals surface area contributed by atoms with Crippen LogP contribution >= 0.6 is 0 Å². The summed E-state index contributed by atoms with van der Waals surface area (Å²) < 4.78 is 0. The van der Waals surface area contributed by atoms with Gasteiger partial charge in [-0.05, 0) is 34.1 Å². The van der Waals surface area contributed by atoms with Crippen LogP contribution in [0.15, 0.2) is 18.2 Å². The van der Waals surface area contributed by atoms with Crippen LogP contribution in [0.3, 0.4) is 0 Å². The van der Waals surface area contributed by atoms with Gasteiger partial charge in [0.1, 0.15) is 6.54 Å². The number of nitrogens with one attached hydrogen (secondary N) is 2. The third-order valence-electron chi connectivity index (χ3n) is 3.77. The number of carbonyl (C=O) groups is 3. The van der Waals surface area contributed by atoms with Crippen molar-refractivity contribution in [2.75, 3.05) is 13.1 Å². The summed E-state index contributed by atoms with van der Waals surface area (Å²) in [4.78, 5) is 34.4. The predicted molar refractivity (Wildman–Crippen MR) is 96.8 cm³/mol. The summed E-state index contributed by atoms with van der Waals surface area (Å²) in [6.07, 6.45) is 0. The Morgan fingerprint density at radius 2 is 1.32 bits per heavy atom. The van der Waals surface area contributed by atoms with Crippen LogP contribution in [0.25, 0.3) is 0 Å². The summed E-state index contributed by atoms with van der Waals surface area (Å²) in [6, 6.07) is 5.77. The second kappa shape index (κ2) is 7.68. The molecule has 0 saturated heterocycles. The van der Waals surface area contributed by atoms with E-state index in [1.807, 2.05) is 12.1 Å². The highest BCUT2D eigenvalue weighted by atomic mass is 16.4. The number of carboxylic acid groups (broad SMARTS) is 1.